The fourth-order valence-electron chi connectivity index (χ4n) is 1.90. The summed E-state index contributed by atoms with van der Waals surface area (Å²) in [5.41, 5.74) is 0.792. The first-order valence-corrected chi connectivity index (χ1v) is 5.99. The molecule has 0 unspecified atom stereocenters. The Morgan fingerprint density at radius 3 is 3.00 bits per heavy atom. The summed E-state index contributed by atoms with van der Waals surface area (Å²) in [4.78, 5) is 16.9. The lowest BCUT2D eigenvalue weighted by Gasteiger charge is -2.21. The first kappa shape index (κ1) is 13.3. The normalized spacial score (nSPS) is 21.5. The molecular formula is C13H16FN3O2. The van der Waals surface area contributed by atoms with Crippen molar-refractivity contribution in [2.24, 2.45) is 5.16 Å². The quantitative estimate of drug-likeness (QED) is 0.882. The van der Waals surface area contributed by atoms with Gasteiger partial charge >= 0.3 is 6.03 Å². The molecule has 0 aromatic heterocycles. The maximum absolute atomic E-state index is 12.9. The highest BCUT2D eigenvalue weighted by Gasteiger charge is 2.32. The highest BCUT2D eigenvalue weighted by Crippen LogP contribution is 2.22. The van der Waals surface area contributed by atoms with E-state index in [9.17, 15) is 9.18 Å². The van der Waals surface area contributed by atoms with Gasteiger partial charge in [-0.2, -0.15) is 0 Å². The van der Waals surface area contributed by atoms with Crippen molar-refractivity contribution in [1.82, 2.24) is 5.32 Å². The Kier molecular flexibility index (Phi) is 3.69. The lowest BCUT2D eigenvalue weighted by molar-refractivity contribution is -0.0000963. The second-order valence-electron chi connectivity index (χ2n) is 4.86. The maximum atomic E-state index is 12.9. The molecule has 6 heteroatoms. The number of amides is 2. The summed E-state index contributed by atoms with van der Waals surface area (Å²) in [5, 5.41) is 9.09. The van der Waals surface area contributed by atoms with Gasteiger partial charge in [0, 0.05) is 12.1 Å². The molecule has 0 spiro atoms. The van der Waals surface area contributed by atoms with Crippen molar-refractivity contribution >= 4 is 17.4 Å². The van der Waals surface area contributed by atoms with Gasteiger partial charge < -0.3 is 15.5 Å². The molecular weight excluding hydrogens is 249 g/mol. The molecule has 1 aliphatic rings. The lowest BCUT2D eigenvalue weighted by Crippen LogP contribution is -2.42. The molecule has 5 nitrogen and oxygen atoms in total. The number of carbonyl (C=O) groups excluding carboxylic acids is 1. The van der Waals surface area contributed by atoms with Crippen molar-refractivity contribution in [2.45, 2.75) is 25.9 Å². The number of nitrogens with zero attached hydrogens (tertiary/aromatic N) is 1. The monoisotopic (exact) mass is 265 g/mol. The van der Waals surface area contributed by atoms with E-state index in [0.29, 0.717) is 18.7 Å². The fourth-order valence-corrected chi connectivity index (χ4v) is 1.90. The van der Waals surface area contributed by atoms with Crippen LogP contribution in [-0.2, 0) is 4.84 Å². The van der Waals surface area contributed by atoms with E-state index in [2.05, 4.69) is 15.8 Å². The maximum Gasteiger partial charge on any atom is 0.319 e. The first-order valence-electron chi connectivity index (χ1n) is 5.99. The molecule has 2 rings (SSSR count). The first-order chi connectivity index (χ1) is 8.97. The molecule has 0 radical (unpaired) electrons. The molecule has 1 aromatic carbocycles. The number of nitrogens with one attached hydrogen (secondary N) is 2. The number of benzene rings is 1. The molecule has 0 fully saturated rings. The molecule has 0 aliphatic carbocycles. The Morgan fingerprint density at radius 2 is 2.37 bits per heavy atom. The molecule has 0 saturated heterocycles. The van der Waals surface area contributed by atoms with Gasteiger partial charge in [0.25, 0.3) is 0 Å². The number of oxime groups is 1. The van der Waals surface area contributed by atoms with E-state index >= 15 is 0 Å². The van der Waals surface area contributed by atoms with Crippen molar-refractivity contribution in [1.29, 1.82) is 0 Å². The SMILES string of the molecule is CC1=NO[C@](C)(CNC(=O)Nc2cccc(F)c2)C1. The number of hydrogen-bond acceptors (Lipinski definition) is 3. The zero-order valence-corrected chi connectivity index (χ0v) is 10.9. The molecule has 1 heterocycles. The standard InChI is InChI=1S/C13H16FN3O2/c1-9-7-13(2,19-17-9)8-15-12(18)16-11-5-3-4-10(14)6-11/h3-6H,7-8H2,1-2H3,(H2,15,16,18)/t13-/m0/s1. The summed E-state index contributed by atoms with van der Waals surface area (Å²) in [6.45, 7) is 4.07. The number of urea groups is 1. The van der Waals surface area contributed by atoms with Gasteiger partial charge in [-0.25, -0.2) is 9.18 Å². The van der Waals surface area contributed by atoms with E-state index in [1.165, 1.54) is 18.2 Å². The molecule has 102 valence electrons. The van der Waals surface area contributed by atoms with Crippen LogP contribution in [0.3, 0.4) is 0 Å². The third-order valence-corrected chi connectivity index (χ3v) is 2.76. The zero-order chi connectivity index (χ0) is 13.9. The van der Waals surface area contributed by atoms with Gasteiger partial charge in [-0.1, -0.05) is 11.2 Å². The molecule has 2 N–H and O–H groups in total. The Balaban J connectivity index is 1.82. The zero-order valence-electron chi connectivity index (χ0n) is 10.9. The smallest absolute Gasteiger partial charge is 0.319 e. The van der Waals surface area contributed by atoms with Gasteiger partial charge in [-0.15, -0.1) is 0 Å². The summed E-state index contributed by atoms with van der Waals surface area (Å²) in [5.74, 6) is -0.395. The van der Waals surface area contributed by atoms with Crippen molar-refractivity contribution < 1.29 is 14.0 Å². The van der Waals surface area contributed by atoms with Gasteiger partial charge in [-0.3, -0.25) is 0 Å². The Hall–Kier alpha value is -2.11. The minimum Gasteiger partial charge on any atom is -0.387 e. The Bertz CT molecular complexity index is 518. The Labute approximate surface area is 110 Å². The molecule has 2 amide bonds. The molecule has 0 bridgehead atoms. The van der Waals surface area contributed by atoms with Crippen LogP contribution in [0.2, 0.25) is 0 Å². The number of anilines is 1. The van der Waals surface area contributed by atoms with Crippen LogP contribution >= 0.6 is 0 Å². The second kappa shape index (κ2) is 5.26. The lowest BCUT2D eigenvalue weighted by atomic mass is 10.0. The van der Waals surface area contributed by atoms with Crippen LogP contribution < -0.4 is 10.6 Å². The van der Waals surface area contributed by atoms with Crippen LogP contribution in [0.25, 0.3) is 0 Å². The minimum atomic E-state index is -0.511. The average molecular weight is 265 g/mol. The van der Waals surface area contributed by atoms with Crippen LogP contribution in [0.4, 0.5) is 14.9 Å². The van der Waals surface area contributed by atoms with Crippen molar-refractivity contribution in [3.05, 3.63) is 30.1 Å². The highest BCUT2D eigenvalue weighted by atomic mass is 19.1. The molecule has 1 aromatic rings. The minimum absolute atomic E-state index is 0.328. The van der Waals surface area contributed by atoms with Gasteiger partial charge in [0.2, 0.25) is 0 Å². The molecule has 1 aliphatic heterocycles. The largest absolute Gasteiger partial charge is 0.387 e. The highest BCUT2D eigenvalue weighted by molar-refractivity contribution is 5.89. The van der Waals surface area contributed by atoms with Crippen LogP contribution in [0.5, 0.6) is 0 Å². The van der Waals surface area contributed by atoms with E-state index in [4.69, 9.17) is 4.84 Å². The number of halogens is 1. The fraction of sp³-hybridized carbons (Fsp3) is 0.385. The van der Waals surface area contributed by atoms with E-state index in [1.807, 2.05) is 13.8 Å². The summed E-state index contributed by atoms with van der Waals surface area (Å²) in [6, 6.07) is 5.31. The van der Waals surface area contributed by atoms with E-state index in [-0.39, 0.29) is 0 Å². The Morgan fingerprint density at radius 1 is 1.58 bits per heavy atom. The third kappa shape index (κ3) is 3.67. The van der Waals surface area contributed by atoms with Crippen LogP contribution in [0.15, 0.2) is 29.4 Å². The van der Waals surface area contributed by atoms with Gasteiger partial charge in [0.1, 0.15) is 5.82 Å². The van der Waals surface area contributed by atoms with E-state index in [1.54, 1.807) is 6.07 Å². The predicted molar refractivity (Wildman–Crippen MR) is 70.6 cm³/mol. The van der Waals surface area contributed by atoms with E-state index < -0.39 is 17.4 Å². The van der Waals surface area contributed by atoms with Crippen molar-refractivity contribution in [3.8, 4) is 0 Å². The molecule has 1 atom stereocenters. The number of carbonyl (C=O) groups is 1. The van der Waals surface area contributed by atoms with E-state index in [0.717, 1.165) is 5.71 Å². The van der Waals surface area contributed by atoms with Crippen LogP contribution in [0.1, 0.15) is 20.3 Å². The second-order valence-corrected chi connectivity index (χ2v) is 4.86. The number of rotatable bonds is 3. The summed E-state index contributed by atoms with van der Waals surface area (Å²) in [7, 11) is 0. The summed E-state index contributed by atoms with van der Waals surface area (Å²) in [6.07, 6.45) is 0.674. The van der Waals surface area contributed by atoms with Crippen molar-refractivity contribution in [2.75, 3.05) is 11.9 Å². The summed E-state index contributed by atoms with van der Waals surface area (Å²) >= 11 is 0. The van der Waals surface area contributed by atoms with Crippen LogP contribution in [0, 0.1) is 5.82 Å². The van der Waals surface area contributed by atoms with Gasteiger partial charge in [-0.05, 0) is 32.0 Å². The average Bonchev–Trinajstić information content (AvgIpc) is 2.68. The number of hydrogen-bond donors (Lipinski definition) is 2. The molecule has 19 heavy (non-hydrogen) atoms. The van der Waals surface area contributed by atoms with Crippen LogP contribution in [-0.4, -0.2) is 23.9 Å². The predicted octanol–water partition coefficient (Wildman–Crippen LogP) is 2.50. The van der Waals surface area contributed by atoms with Gasteiger partial charge in [0.15, 0.2) is 5.60 Å². The molecule has 0 saturated carbocycles. The summed E-state index contributed by atoms with van der Waals surface area (Å²) < 4.78 is 12.9. The topological polar surface area (TPSA) is 62.7 Å². The van der Waals surface area contributed by atoms with Crippen molar-refractivity contribution in [3.63, 3.8) is 0 Å². The third-order valence-electron chi connectivity index (χ3n) is 2.76. The van der Waals surface area contributed by atoms with Gasteiger partial charge in [0.05, 0.1) is 12.3 Å².